The summed E-state index contributed by atoms with van der Waals surface area (Å²) < 4.78 is 0. The van der Waals surface area contributed by atoms with E-state index < -0.39 is 0 Å². The lowest BCUT2D eigenvalue weighted by molar-refractivity contribution is 0.436. The third kappa shape index (κ3) is 4.24. The molecule has 0 aromatic heterocycles. The van der Waals surface area contributed by atoms with Gasteiger partial charge in [-0.3, -0.25) is 0 Å². The SMILES string of the molecule is CCc1ccc(N2CCCNC(CC(C)C)C2)cc1. The topological polar surface area (TPSA) is 15.3 Å². The maximum Gasteiger partial charge on any atom is 0.0366 e. The number of anilines is 1. The first-order chi connectivity index (χ1) is 9.19. The third-order valence-electron chi connectivity index (χ3n) is 3.94. The average molecular weight is 260 g/mol. The van der Waals surface area contributed by atoms with Crippen LogP contribution >= 0.6 is 0 Å². The molecular formula is C17H28N2. The zero-order chi connectivity index (χ0) is 13.7. The second-order valence-corrected chi connectivity index (χ2v) is 6.10. The van der Waals surface area contributed by atoms with Crippen molar-refractivity contribution in [2.24, 2.45) is 5.92 Å². The van der Waals surface area contributed by atoms with E-state index in [4.69, 9.17) is 0 Å². The Morgan fingerprint density at radius 3 is 2.63 bits per heavy atom. The van der Waals surface area contributed by atoms with Crippen LogP contribution in [0.15, 0.2) is 24.3 Å². The summed E-state index contributed by atoms with van der Waals surface area (Å²) in [6.07, 6.45) is 3.63. The number of hydrogen-bond acceptors (Lipinski definition) is 2. The predicted molar refractivity (Wildman–Crippen MR) is 83.9 cm³/mol. The van der Waals surface area contributed by atoms with Gasteiger partial charge >= 0.3 is 0 Å². The van der Waals surface area contributed by atoms with Crippen LogP contribution in [0.5, 0.6) is 0 Å². The molecule has 1 aliphatic rings. The van der Waals surface area contributed by atoms with Crippen molar-refractivity contribution in [2.75, 3.05) is 24.5 Å². The van der Waals surface area contributed by atoms with Crippen molar-refractivity contribution in [2.45, 2.75) is 46.1 Å². The van der Waals surface area contributed by atoms with E-state index in [1.165, 1.54) is 30.6 Å². The molecule has 0 saturated carbocycles. The standard InChI is InChI=1S/C17H28N2/c1-4-15-6-8-17(9-7-15)19-11-5-10-18-16(13-19)12-14(2)3/h6-9,14,16,18H,4-5,10-13H2,1-3H3. The lowest BCUT2D eigenvalue weighted by atomic mass is 10.0. The third-order valence-corrected chi connectivity index (χ3v) is 3.94. The number of hydrogen-bond donors (Lipinski definition) is 1. The number of nitrogens with zero attached hydrogens (tertiary/aromatic N) is 1. The minimum atomic E-state index is 0.633. The molecule has 1 heterocycles. The van der Waals surface area contributed by atoms with Gasteiger partial charge in [0.2, 0.25) is 0 Å². The second kappa shape index (κ2) is 6.95. The summed E-state index contributed by atoms with van der Waals surface area (Å²) in [5.41, 5.74) is 2.81. The van der Waals surface area contributed by atoms with Gasteiger partial charge in [-0.2, -0.15) is 0 Å². The summed E-state index contributed by atoms with van der Waals surface area (Å²) in [6, 6.07) is 9.75. The molecule has 2 rings (SSSR count). The van der Waals surface area contributed by atoms with Gasteiger partial charge < -0.3 is 10.2 Å². The lowest BCUT2D eigenvalue weighted by Gasteiger charge is -2.27. The number of aryl methyl sites for hydroxylation is 1. The number of nitrogens with one attached hydrogen (secondary N) is 1. The Kier molecular flexibility index (Phi) is 5.26. The molecule has 0 radical (unpaired) electrons. The molecule has 1 aliphatic heterocycles. The zero-order valence-electron chi connectivity index (χ0n) is 12.7. The predicted octanol–water partition coefficient (Wildman–Crippen LogP) is 3.46. The molecule has 19 heavy (non-hydrogen) atoms. The van der Waals surface area contributed by atoms with Crippen molar-refractivity contribution in [3.63, 3.8) is 0 Å². The molecule has 1 aromatic carbocycles. The van der Waals surface area contributed by atoms with Crippen molar-refractivity contribution >= 4 is 5.69 Å². The van der Waals surface area contributed by atoms with Gasteiger partial charge in [-0.1, -0.05) is 32.9 Å². The summed E-state index contributed by atoms with van der Waals surface area (Å²) in [4.78, 5) is 2.55. The van der Waals surface area contributed by atoms with Crippen molar-refractivity contribution in [1.82, 2.24) is 5.32 Å². The van der Waals surface area contributed by atoms with Crippen LogP contribution in [-0.4, -0.2) is 25.7 Å². The molecule has 1 fully saturated rings. The van der Waals surface area contributed by atoms with Crippen molar-refractivity contribution in [3.05, 3.63) is 29.8 Å². The van der Waals surface area contributed by atoms with Crippen LogP contribution in [0.3, 0.4) is 0 Å². The summed E-state index contributed by atoms with van der Waals surface area (Å²) in [6.45, 7) is 10.3. The average Bonchev–Trinajstić information content (AvgIpc) is 2.64. The summed E-state index contributed by atoms with van der Waals surface area (Å²) in [7, 11) is 0. The van der Waals surface area contributed by atoms with Crippen molar-refractivity contribution in [3.8, 4) is 0 Å². The Labute approximate surface area is 118 Å². The highest BCUT2D eigenvalue weighted by Gasteiger charge is 2.18. The molecule has 1 unspecified atom stereocenters. The molecular weight excluding hydrogens is 232 g/mol. The van der Waals surface area contributed by atoms with Crippen LogP contribution in [0.2, 0.25) is 0 Å². The van der Waals surface area contributed by atoms with Crippen LogP contribution in [0.25, 0.3) is 0 Å². The van der Waals surface area contributed by atoms with E-state index in [-0.39, 0.29) is 0 Å². The number of benzene rings is 1. The monoisotopic (exact) mass is 260 g/mol. The normalized spacial score (nSPS) is 20.6. The highest BCUT2D eigenvalue weighted by molar-refractivity contribution is 5.48. The van der Waals surface area contributed by atoms with Crippen molar-refractivity contribution < 1.29 is 0 Å². The quantitative estimate of drug-likeness (QED) is 0.892. The van der Waals surface area contributed by atoms with Gasteiger partial charge in [0.15, 0.2) is 0 Å². The van der Waals surface area contributed by atoms with Gasteiger partial charge in [0.1, 0.15) is 0 Å². The van der Waals surface area contributed by atoms with Crippen LogP contribution in [-0.2, 0) is 6.42 Å². The molecule has 0 spiro atoms. The van der Waals surface area contributed by atoms with Crippen LogP contribution in [0.4, 0.5) is 5.69 Å². The van der Waals surface area contributed by atoms with Gasteiger partial charge in [-0.15, -0.1) is 0 Å². The number of rotatable bonds is 4. The molecule has 106 valence electrons. The van der Waals surface area contributed by atoms with Gasteiger partial charge in [0.25, 0.3) is 0 Å². The smallest absolute Gasteiger partial charge is 0.0366 e. The molecule has 1 N–H and O–H groups in total. The van der Waals surface area contributed by atoms with Crippen molar-refractivity contribution in [1.29, 1.82) is 0 Å². The molecule has 0 amide bonds. The summed E-state index contributed by atoms with van der Waals surface area (Å²) in [5.74, 6) is 0.764. The van der Waals surface area contributed by atoms with Crippen LogP contribution < -0.4 is 10.2 Å². The molecule has 1 aromatic rings. The van der Waals surface area contributed by atoms with E-state index in [9.17, 15) is 0 Å². The molecule has 2 heteroatoms. The molecule has 0 bridgehead atoms. The van der Waals surface area contributed by atoms with E-state index in [0.717, 1.165) is 25.4 Å². The summed E-state index contributed by atoms with van der Waals surface area (Å²) >= 11 is 0. The fourth-order valence-corrected chi connectivity index (χ4v) is 2.90. The van der Waals surface area contributed by atoms with Gasteiger partial charge in [0, 0.05) is 24.8 Å². The second-order valence-electron chi connectivity index (χ2n) is 6.10. The van der Waals surface area contributed by atoms with Gasteiger partial charge in [-0.05, 0) is 49.4 Å². The first kappa shape index (κ1) is 14.4. The molecule has 1 saturated heterocycles. The Hall–Kier alpha value is -1.02. The van der Waals surface area contributed by atoms with E-state index >= 15 is 0 Å². The minimum absolute atomic E-state index is 0.633. The minimum Gasteiger partial charge on any atom is -0.370 e. The zero-order valence-corrected chi connectivity index (χ0v) is 12.7. The Morgan fingerprint density at radius 1 is 1.26 bits per heavy atom. The van der Waals surface area contributed by atoms with Gasteiger partial charge in [0.05, 0.1) is 0 Å². The van der Waals surface area contributed by atoms with Crippen LogP contribution in [0, 0.1) is 5.92 Å². The fraction of sp³-hybridized carbons (Fsp3) is 0.647. The Bertz CT molecular complexity index is 369. The van der Waals surface area contributed by atoms with E-state index in [1.807, 2.05) is 0 Å². The highest BCUT2D eigenvalue weighted by atomic mass is 15.2. The maximum absolute atomic E-state index is 3.69. The molecule has 0 aliphatic carbocycles. The first-order valence-electron chi connectivity index (χ1n) is 7.76. The maximum atomic E-state index is 3.69. The highest BCUT2D eigenvalue weighted by Crippen LogP contribution is 2.19. The van der Waals surface area contributed by atoms with E-state index in [1.54, 1.807) is 0 Å². The summed E-state index contributed by atoms with van der Waals surface area (Å²) in [5, 5.41) is 3.69. The first-order valence-corrected chi connectivity index (χ1v) is 7.76. The largest absolute Gasteiger partial charge is 0.370 e. The van der Waals surface area contributed by atoms with Crippen LogP contribution in [0.1, 0.15) is 39.2 Å². The Morgan fingerprint density at radius 2 is 2.00 bits per heavy atom. The molecule has 2 nitrogen and oxygen atoms in total. The van der Waals surface area contributed by atoms with Gasteiger partial charge in [-0.25, -0.2) is 0 Å². The lowest BCUT2D eigenvalue weighted by Crippen LogP contribution is -2.38. The van der Waals surface area contributed by atoms with E-state index in [0.29, 0.717) is 6.04 Å². The van der Waals surface area contributed by atoms with E-state index in [2.05, 4.69) is 55.3 Å². The molecule has 1 atom stereocenters. The Balaban J connectivity index is 2.04. The fourth-order valence-electron chi connectivity index (χ4n) is 2.90.